The van der Waals surface area contributed by atoms with Gasteiger partial charge < -0.3 is 38.6 Å². The van der Waals surface area contributed by atoms with E-state index in [4.69, 9.17) is 18.9 Å². The van der Waals surface area contributed by atoms with Crippen molar-refractivity contribution in [2.45, 2.75) is 97.6 Å². The second kappa shape index (κ2) is 20.8. The molecule has 0 spiro atoms. The van der Waals surface area contributed by atoms with E-state index in [9.17, 15) is 19.2 Å². The summed E-state index contributed by atoms with van der Waals surface area (Å²) in [5, 5.41) is 4.01. The van der Waals surface area contributed by atoms with Crippen molar-refractivity contribution in [2.75, 3.05) is 66.3 Å². The molecule has 0 bridgehead atoms. The molecule has 13 heteroatoms. The standard InChI is InChI=1S/C44H63N5O8/c1-32-29-37-30-36(17-18-38(37)49(32)23-24-54-25-26-55-27-28-56-31-34-13-9-7-10-14-34)41(51)47-19-21-48(22-20-47)42(52)39(35-15-11-8-12-16-35)45-40(50)33(2)46(6)43(53)57-44(3,4)5/h7,9-10,13-14,17-18,29-30,33,35,39H,8,11-12,15-16,19-28,31H2,1-6H3,(H,45,50)/t33-,39-/m0/s1. The summed E-state index contributed by atoms with van der Waals surface area (Å²) in [6.07, 6.45) is 4.22. The molecule has 57 heavy (non-hydrogen) atoms. The Morgan fingerprint density at radius 2 is 1.46 bits per heavy atom. The summed E-state index contributed by atoms with van der Waals surface area (Å²) in [6.45, 7) is 14.4. The van der Waals surface area contributed by atoms with E-state index in [1.54, 1.807) is 37.5 Å². The highest BCUT2D eigenvalue weighted by Gasteiger charge is 2.37. The van der Waals surface area contributed by atoms with Gasteiger partial charge in [-0.2, -0.15) is 0 Å². The largest absolute Gasteiger partial charge is 0.444 e. The van der Waals surface area contributed by atoms with Crippen LogP contribution in [0.15, 0.2) is 54.6 Å². The number of nitrogens with one attached hydrogen (secondary N) is 1. The van der Waals surface area contributed by atoms with Gasteiger partial charge in [0.15, 0.2) is 0 Å². The van der Waals surface area contributed by atoms with Crippen LogP contribution >= 0.6 is 0 Å². The zero-order valence-corrected chi connectivity index (χ0v) is 34.8. The number of aryl methyl sites for hydroxylation is 1. The van der Waals surface area contributed by atoms with Crippen molar-refractivity contribution in [2.24, 2.45) is 5.92 Å². The number of nitrogens with zero attached hydrogens (tertiary/aromatic N) is 4. The van der Waals surface area contributed by atoms with Crippen molar-refractivity contribution in [1.82, 2.24) is 24.6 Å². The number of rotatable bonds is 17. The molecule has 5 rings (SSSR count). The molecule has 0 unspecified atom stereocenters. The molecule has 1 saturated heterocycles. The minimum absolute atomic E-state index is 0.0121. The van der Waals surface area contributed by atoms with Gasteiger partial charge in [0.25, 0.3) is 5.91 Å². The highest BCUT2D eigenvalue weighted by atomic mass is 16.6. The Hall–Kier alpha value is -4.46. The Bertz CT molecular complexity index is 1780. The first-order valence-corrected chi connectivity index (χ1v) is 20.5. The van der Waals surface area contributed by atoms with Crippen LogP contribution in [0.4, 0.5) is 4.79 Å². The average Bonchev–Trinajstić information content (AvgIpc) is 3.53. The Morgan fingerprint density at radius 3 is 2.12 bits per heavy atom. The molecule has 13 nitrogen and oxygen atoms in total. The van der Waals surface area contributed by atoms with Crippen LogP contribution in [-0.2, 0) is 41.7 Å². The van der Waals surface area contributed by atoms with Gasteiger partial charge in [0, 0.05) is 61.9 Å². The summed E-state index contributed by atoms with van der Waals surface area (Å²) in [5.74, 6) is -0.583. The lowest BCUT2D eigenvalue weighted by Crippen LogP contribution is -2.59. The molecule has 1 aromatic heterocycles. The molecule has 1 saturated carbocycles. The number of aromatic nitrogens is 1. The van der Waals surface area contributed by atoms with E-state index in [0.29, 0.717) is 77.9 Å². The molecular formula is C44H63N5O8. The molecule has 2 atom stereocenters. The summed E-state index contributed by atoms with van der Waals surface area (Å²) < 4.78 is 24.8. The molecule has 3 aromatic rings. The number of benzene rings is 2. The minimum Gasteiger partial charge on any atom is -0.444 e. The van der Waals surface area contributed by atoms with Crippen molar-refractivity contribution >= 4 is 34.7 Å². The normalized spacial score (nSPS) is 16.3. The van der Waals surface area contributed by atoms with Crippen molar-refractivity contribution < 1.29 is 38.1 Å². The quantitative estimate of drug-likeness (QED) is 0.170. The first kappa shape index (κ1) is 43.7. The Kier molecular flexibility index (Phi) is 15.9. The first-order chi connectivity index (χ1) is 27.3. The lowest BCUT2D eigenvalue weighted by molar-refractivity contribution is -0.140. The summed E-state index contributed by atoms with van der Waals surface area (Å²) in [6, 6.07) is 16.4. The van der Waals surface area contributed by atoms with E-state index < -0.39 is 29.7 Å². The van der Waals surface area contributed by atoms with Crippen molar-refractivity contribution in [3.8, 4) is 0 Å². The molecule has 2 fully saturated rings. The van der Waals surface area contributed by atoms with Crippen molar-refractivity contribution in [1.29, 1.82) is 0 Å². The zero-order chi connectivity index (χ0) is 41.0. The SMILES string of the molecule is Cc1cc2cc(C(=O)N3CCN(C(=O)[C@@H](NC(=O)[C@H](C)N(C)C(=O)OC(C)(C)C)C4CCCCC4)CC3)ccc2n1CCOCCOCCOCc1ccccc1. The van der Waals surface area contributed by atoms with E-state index in [1.165, 1.54) is 11.9 Å². The van der Waals surface area contributed by atoms with Gasteiger partial charge in [-0.05, 0) is 83.2 Å². The average molecular weight is 790 g/mol. The van der Waals surface area contributed by atoms with Gasteiger partial charge in [-0.3, -0.25) is 19.3 Å². The summed E-state index contributed by atoms with van der Waals surface area (Å²) in [7, 11) is 1.53. The third-order valence-corrected chi connectivity index (χ3v) is 10.9. The number of piperazine rings is 1. The molecule has 2 aliphatic rings. The maximum absolute atomic E-state index is 14.1. The van der Waals surface area contributed by atoms with Gasteiger partial charge in [0.1, 0.15) is 17.7 Å². The molecule has 1 aliphatic carbocycles. The number of fused-ring (bicyclic) bond motifs is 1. The van der Waals surface area contributed by atoms with Crippen LogP contribution in [0.3, 0.4) is 0 Å². The summed E-state index contributed by atoms with van der Waals surface area (Å²) in [4.78, 5) is 58.8. The maximum atomic E-state index is 14.1. The number of carbonyl (C=O) groups is 4. The number of carbonyl (C=O) groups excluding carboxylic acids is 4. The zero-order valence-electron chi connectivity index (χ0n) is 34.8. The number of ether oxygens (including phenoxy) is 4. The lowest BCUT2D eigenvalue weighted by atomic mass is 9.83. The van der Waals surface area contributed by atoms with Gasteiger partial charge in [0.2, 0.25) is 11.8 Å². The van der Waals surface area contributed by atoms with Gasteiger partial charge in [-0.25, -0.2) is 4.79 Å². The maximum Gasteiger partial charge on any atom is 0.410 e. The second-order valence-corrected chi connectivity index (χ2v) is 16.2. The minimum atomic E-state index is -0.827. The Balaban J connectivity index is 1.08. The summed E-state index contributed by atoms with van der Waals surface area (Å²) in [5.41, 5.74) is 3.18. The van der Waals surface area contributed by atoms with E-state index in [-0.39, 0.29) is 17.7 Å². The fourth-order valence-corrected chi connectivity index (χ4v) is 7.50. The predicted octanol–water partition coefficient (Wildman–Crippen LogP) is 5.80. The van der Waals surface area contributed by atoms with Crippen LogP contribution in [0.5, 0.6) is 0 Å². The monoisotopic (exact) mass is 789 g/mol. The topological polar surface area (TPSA) is 132 Å². The molecule has 312 valence electrons. The second-order valence-electron chi connectivity index (χ2n) is 16.2. The highest BCUT2D eigenvalue weighted by molar-refractivity contribution is 5.98. The Morgan fingerprint density at radius 1 is 0.825 bits per heavy atom. The number of amides is 4. The van der Waals surface area contributed by atoms with E-state index in [2.05, 4.69) is 22.9 Å². The van der Waals surface area contributed by atoms with Crippen LogP contribution < -0.4 is 5.32 Å². The molecule has 0 radical (unpaired) electrons. The smallest absolute Gasteiger partial charge is 0.410 e. The lowest BCUT2D eigenvalue weighted by Gasteiger charge is -2.39. The first-order valence-electron chi connectivity index (χ1n) is 20.5. The van der Waals surface area contributed by atoms with Crippen LogP contribution in [0.2, 0.25) is 0 Å². The number of hydrogen-bond donors (Lipinski definition) is 1. The van der Waals surface area contributed by atoms with Crippen LogP contribution in [0.25, 0.3) is 10.9 Å². The third kappa shape index (κ3) is 12.5. The van der Waals surface area contributed by atoms with Crippen LogP contribution in [-0.4, -0.2) is 127 Å². The van der Waals surface area contributed by atoms with Gasteiger partial charge in [-0.15, -0.1) is 0 Å². The van der Waals surface area contributed by atoms with Crippen molar-refractivity contribution in [3.05, 3.63) is 71.4 Å². The predicted molar refractivity (Wildman–Crippen MR) is 219 cm³/mol. The fraction of sp³-hybridized carbons (Fsp3) is 0.591. The van der Waals surface area contributed by atoms with Gasteiger partial charge in [-0.1, -0.05) is 49.6 Å². The molecule has 1 aliphatic heterocycles. The van der Waals surface area contributed by atoms with E-state index >= 15 is 0 Å². The fourth-order valence-electron chi connectivity index (χ4n) is 7.50. The van der Waals surface area contributed by atoms with E-state index in [0.717, 1.165) is 54.3 Å². The van der Waals surface area contributed by atoms with Crippen molar-refractivity contribution in [3.63, 3.8) is 0 Å². The van der Waals surface area contributed by atoms with Gasteiger partial charge in [0.05, 0.1) is 39.6 Å². The Labute approximate surface area is 337 Å². The third-order valence-electron chi connectivity index (χ3n) is 10.9. The number of likely N-dealkylation sites (N-methyl/N-ethyl adjacent to an activating group) is 1. The van der Waals surface area contributed by atoms with Crippen LogP contribution in [0, 0.1) is 12.8 Å². The van der Waals surface area contributed by atoms with Crippen LogP contribution in [0.1, 0.15) is 81.4 Å². The molecule has 2 heterocycles. The molecule has 4 amide bonds. The molecule has 1 N–H and O–H groups in total. The summed E-state index contributed by atoms with van der Waals surface area (Å²) >= 11 is 0. The van der Waals surface area contributed by atoms with E-state index in [1.807, 2.05) is 48.5 Å². The highest BCUT2D eigenvalue weighted by Crippen LogP contribution is 2.28. The number of hydrogen-bond acceptors (Lipinski definition) is 8. The molecular weight excluding hydrogens is 727 g/mol. The van der Waals surface area contributed by atoms with Gasteiger partial charge >= 0.3 is 6.09 Å². The molecule has 2 aromatic carbocycles.